The van der Waals surface area contributed by atoms with Crippen molar-refractivity contribution in [1.29, 1.82) is 0 Å². The molecule has 1 atom stereocenters. The second-order valence-electron chi connectivity index (χ2n) is 3.79. The van der Waals surface area contributed by atoms with Crippen LogP contribution in [0.5, 0.6) is 5.75 Å². The minimum Gasteiger partial charge on any atom is -0.497 e. The number of thiocarbonyl (C=S) groups is 1. The molecule has 17 heavy (non-hydrogen) atoms. The molecule has 0 aliphatic carbocycles. The fraction of sp³-hybridized carbons (Fsp3) is 0.333. The van der Waals surface area contributed by atoms with Gasteiger partial charge in [0.25, 0.3) is 0 Å². The predicted octanol–water partition coefficient (Wildman–Crippen LogP) is 1.95. The van der Waals surface area contributed by atoms with Crippen LogP contribution in [0.3, 0.4) is 0 Å². The van der Waals surface area contributed by atoms with Crippen LogP contribution in [0.4, 0.5) is 5.69 Å². The monoisotopic (exact) mass is 252 g/mol. The molecule has 92 valence electrons. The molecular weight excluding hydrogens is 236 g/mol. The van der Waals surface area contributed by atoms with Crippen molar-refractivity contribution in [3.8, 4) is 5.75 Å². The van der Waals surface area contributed by atoms with Gasteiger partial charge in [-0.05, 0) is 24.3 Å². The maximum Gasteiger partial charge on any atom is 0.227 e. The van der Waals surface area contributed by atoms with Crippen LogP contribution < -0.4 is 15.8 Å². The number of hydrogen-bond donors (Lipinski definition) is 2. The molecule has 0 aliphatic rings. The molecule has 0 saturated carbocycles. The molecule has 3 N–H and O–H groups in total. The molecule has 0 aromatic heterocycles. The van der Waals surface area contributed by atoms with Crippen molar-refractivity contribution in [3.05, 3.63) is 24.3 Å². The van der Waals surface area contributed by atoms with Crippen molar-refractivity contribution in [2.75, 3.05) is 12.4 Å². The molecule has 4 nitrogen and oxygen atoms in total. The molecule has 1 aromatic rings. The van der Waals surface area contributed by atoms with Crippen LogP contribution in [0, 0.1) is 5.92 Å². The summed E-state index contributed by atoms with van der Waals surface area (Å²) in [6.07, 6.45) is 0.414. The van der Waals surface area contributed by atoms with E-state index in [0.29, 0.717) is 11.4 Å². The van der Waals surface area contributed by atoms with Gasteiger partial charge >= 0.3 is 0 Å². The van der Waals surface area contributed by atoms with Gasteiger partial charge in [-0.25, -0.2) is 0 Å². The maximum atomic E-state index is 11.7. The first-order valence-electron chi connectivity index (χ1n) is 5.26. The molecule has 0 fully saturated rings. The Morgan fingerprint density at radius 3 is 2.53 bits per heavy atom. The Labute approximate surface area is 106 Å². The number of nitrogens with two attached hydrogens (primary N) is 1. The fourth-order valence-electron chi connectivity index (χ4n) is 1.33. The van der Waals surface area contributed by atoms with Crippen LogP contribution >= 0.6 is 12.2 Å². The average Bonchev–Trinajstić information content (AvgIpc) is 2.29. The Balaban J connectivity index is 2.58. The van der Waals surface area contributed by atoms with Gasteiger partial charge in [-0.1, -0.05) is 19.1 Å². The zero-order chi connectivity index (χ0) is 12.8. The largest absolute Gasteiger partial charge is 0.497 e. The lowest BCUT2D eigenvalue weighted by molar-refractivity contribution is -0.119. The van der Waals surface area contributed by atoms with Crippen LogP contribution in [-0.2, 0) is 4.79 Å². The zero-order valence-corrected chi connectivity index (χ0v) is 10.7. The third-order valence-corrected chi connectivity index (χ3v) is 2.48. The highest BCUT2D eigenvalue weighted by atomic mass is 32.1. The fourth-order valence-corrected chi connectivity index (χ4v) is 1.58. The van der Waals surface area contributed by atoms with Crippen LogP contribution in [0.1, 0.15) is 13.3 Å². The number of nitrogens with one attached hydrogen (secondary N) is 1. The second-order valence-corrected chi connectivity index (χ2v) is 4.31. The predicted molar refractivity (Wildman–Crippen MR) is 72.2 cm³/mol. The number of anilines is 1. The topological polar surface area (TPSA) is 64.3 Å². The van der Waals surface area contributed by atoms with Gasteiger partial charge in [0.05, 0.1) is 12.1 Å². The molecule has 0 aliphatic heterocycles. The first-order chi connectivity index (χ1) is 8.02. The van der Waals surface area contributed by atoms with Gasteiger partial charge in [0, 0.05) is 18.0 Å². The molecule has 1 aromatic carbocycles. The van der Waals surface area contributed by atoms with Crippen molar-refractivity contribution in [3.63, 3.8) is 0 Å². The normalized spacial score (nSPS) is 11.6. The summed E-state index contributed by atoms with van der Waals surface area (Å²) in [4.78, 5) is 12.1. The summed E-state index contributed by atoms with van der Waals surface area (Å²) in [5.74, 6) is 0.428. The summed E-state index contributed by atoms with van der Waals surface area (Å²) in [6.45, 7) is 1.79. The van der Waals surface area contributed by atoms with E-state index in [2.05, 4.69) is 5.32 Å². The number of methoxy groups -OCH3 is 1. The quantitative estimate of drug-likeness (QED) is 0.786. The Kier molecular flexibility index (Phi) is 4.90. The summed E-state index contributed by atoms with van der Waals surface area (Å²) in [6, 6.07) is 7.14. The highest BCUT2D eigenvalue weighted by Crippen LogP contribution is 2.16. The van der Waals surface area contributed by atoms with Gasteiger partial charge < -0.3 is 15.8 Å². The highest BCUT2D eigenvalue weighted by Gasteiger charge is 2.13. The summed E-state index contributed by atoms with van der Waals surface area (Å²) >= 11 is 4.77. The van der Waals surface area contributed by atoms with E-state index in [-0.39, 0.29) is 11.8 Å². The van der Waals surface area contributed by atoms with Gasteiger partial charge in [-0.15, -0.1) is 0 Å². The van der Waals surface area contributed by atoms with E-state index in [4.69, 9.17) is 22.7 Å². The summed E-state index contributed by atoms with van der Waals surface area (Å²) in [7, 11) is 1.60. The van der Waals surface area contributed by atoms with E-state index < -0.39 is 0 Å². The van der Waals surface area contributed by atoms with Crippen molar-refractivity contribution in [2.45, 2.75) is 13.3 Å². The first-order valence-corrected chi connectivity index (χ1v) is 5.67. The highest BCUT2D eigenvalue weighted by molar-refractivity contribution is 7.80. The van der Waals surface area contributed by atoms with Gasteiger partial charge in [0.15, 0.2) is 0 Å². The maximum absolute atomic E-state index is 11.7. The number of carbonyl (C=O) groups excluding carboxylic acids is 1. The SMILES string of the molecule is COc1ccc(NC(=O)C(C)CC(N)=S)cc1. The number of hydrogen-bond acceptors (Lipinski definition) is 3. The molecule has 1 unspecified atom stereocenters. The van der Waals surface area contributed by atoms with E-state index in [1.165, 1.54) is 0 Å². The standard InChI is InChI=1S/C12H16N2O2S/c1-8(7-11(13)17)12(15)14-9-3-5-10(16-2)6-4-9/h3-6,8H,7H2,1-2H3,(H2,13,17)(H,14,15). The first kappa shape index (κ1) is 13.4. The van der Waals surface area contributed by atoms with Crippen LogP contribution in [0.15, 0.2) is 24.3 Å². The summed E-state index contributed by atoms with van der Waals surface area (Å²) in [5, 5.41) is 2.79. The van der Waals surface area contributed by atoms with E-state index in [0.717, 1.165) is 11.4 Å². The van der Waals surface area contributed by atoms with E-state index in [9.17, 15) is 4.79 Å². The molecule has 0 heterocycles. The lowest BCUT2D eigenvalue weighted by Crippen LogP contribution is -2.24. The van der Waals surface area contributed by atoms with Gasteiger partial charge in [0.1, 0.15) is 5.75 Å². The van der Waals surface area contributed by atoms with Crippen molar-refractivity contribution in [2.24, 2.45) is 11.7 Å². The van der Waals surface area contributed by atoms with Gasteiger partial charge in [0.2, 0.25) is 5.91 Å². The van der Waals surface area contributed by atoms with Crippen LogP contribution in [0.2, 0.25) is 0 Å². The molecule has 1 rings (SSSR count). The molecule has 0 saturated heterocycles. The molecule has 5 heteroatoms. The molecular formula is C12H16N2O2S. The van der Waals surface area contributed by atoms with Crippen molar-refractivity contribution in [1.82, 2.24) is 0 Å². The van der Waals surface area contributed by atoms with Crippen LogP contribution in [0.25, 0.3) is 0 Å². The van der Waals surface area contributed by atoms with Gasteiger partial charge in [-0.2, -0.15) is 0 Å². The minimum absolute atomic E-state index is 0.0945. The third-order valence-electron chi connectivity index (χ3n) is 2.31. The second kappa shape index (κ2) is 6.20. The summed E-state index contributed by atoms with van der Waals surface area (Å²) in [5.41, 5.74) is 6.12. The van der Waals surface area contributed by atoms with E-state index in [1.54, 1.807) is 38.3 Å². The van der Waals surface area contributed by atoms with Crippen molar-refractivity contribution < 1.29 is 9.53 Å². The van der Waals surface area contributed by atoms with E-state index >= 15 is 0 Å². The number of amides is 1. The minimum atomic E-state index is -0.227. The molecule has 1 amide bonds. The third kappa shape index (κ3) is 4.40. The molecule has 0 spiro atoms. The Bertz CT molecular complexity index is 403. The average molecular weight is 252 g/mol. The smallest absolute Gasteiger partial charge is 0.227 e. The number of carbonyl (C=O) groups is 1. The zero-order valence-electron chi connectivity index (χ0n) is 9.90. The lowest BCUT2D eigenvalue weighted by Gasteiger charge is -2.11. The Morgan fingerprint density at radius 1 is 1.47 bits per heavy atom. The van der Waals surface area contributed by atoms with Crippen LogP contribution in [-0.4, -0.2) is 18.0 Å². The number of rotatable bonds is 5. The van der Waals surface area contributed by atoms with Gasteiger partial charge in [-0.3, -0.25) is 4.79 Å². The van der Waals surface area contributed by atoms with E-state index in [1.807, 2.05) is 0 Å². The number of benzene rings is 1. The Morgan fingerprint density at radius 2 is 2.06 bits per heavy atom. The lowest BCUT2D eigenvalue weighted by atomic mass is 10.1. The number of ether oxygens (including phenoxy) is 1. The van der Waals surface area contributed by atoms with Crippen molar-refractivity contribution >= 4 is 28.8 Å². The summed E-state index contributed by atoms with van der Waals surface area (Å²) < 4.78 is 5.03. The molecule has 0 bridgehead atoms. The Hall–Kier alpha value is -1.62. The molecule has 0 radical (unpaired) electrons.